The van der Waals surface area contributed by atoms with Gasteiger partial charge in [0.05, 0.1) is 24.1 Å². The van der Waals surface area contributed by atoms with Gasteiger partial charge in [-0.3, -0.25) is 14.8 Å². The molecule has 3 N–H and O–H groups in total. The number of nitrogens with one attached hydrogen (secondary N) is 1. The fourth-order valence-electron chi connectivity index (χ4n) is 5.88. The molecule has 42 heavy (non-hydrogen) atoms. The van der Waals surface area contributed by atoms with Crippen LogP contribution < -0.4 is 20.7 Å². The first-order chi connectivity index (χ1) is 19.7. The molecule has 0 aliphatic heterocycles. The Hall–Kier alpha value is -3.56. The Balaban J connectivity index is 1.97. The molecule has 1 amide bonds. The Morgan fingerprint density at radius 3 is 2.38 bits per heavy atom. The lowest BCUT2D eigenvalue weighted by molar-refractivity contribution is -0.141. The van der Waals surface area contributed by atoms with Gasteiger partial charge in [0.2, 0.25) is 0 Å². The van der Waals surface area contributed by atoms with Gasteiger partial charge in [-0.2, -0.15) is 0 Å². The molecule has 0 bridgehead atoms. The molecule has 0 spiro atoms. The molecule has 1 aromatic carbocycles. The maximum Gasteiger partial charge on any atom is 0.407 e. The van der Waals surface area contributed by atoms with Crippen molar-refractivity contribution in [1.29, 1.82) is 0 Å². The van der Waals surface area contributed by atoms with Crippen LogP contribution in [-0.4, -0.2) is 69.1 Å². The molecule has 0 unspecified atom stereocenters. The Bertz CT molecular complexity index is 1220. The fourth-order valence-corrected chi connectivity index (χ4v) is 5.88. The van der Waals surface area contributed by atoms with Gasteiger partial charge in [-0.05, 0) is 96.6 Å². The lowest BCUT2D eigenvalue weighted by atomic mass is 9.70. The van der Waals surface area contributed by atoms with E-state index in [0.29, 0.717) is 36.9 Å². The van der Waals surface area contributed by atoms with Crippen LogP contribution in [0.5, 0.6) is 5.75 Å². The second kappa shape index (κ2) is 13.6. The number of likely N-dealkylation sites (N-methyl/N-ethyl adjacent to an activating group) is 1. The number of alkyl carbamates (subject to hydrolysis) is 1. The highest BCUT2D eigenvalue weighted by Crippen LogP contribution is 2.49. The number of carbonyl (C=O) groups excluding carboxylic acids is 2. The minimum atomic E-state index is -0.539. The van der Waals surface area contributed by atoms with Gasteiger partial charge in [-0.25, -0.2) is 4.79 Å². The Labute approximate surface area is 250 Å². The van der Waals surface area contributed by atoms with Crippen molar-refractivity contribution in [2.45, 2.75) is 98.3 Å². The lowest BCUT2D eigenvalue weighted by Gasteiger charge is -2.39. The van der Waals surface area contributed by atoms with Crippen LogP contribution in [0.3, 0.4) is 0 Å². The maximum absolute atomic E-state index is 12.7. The molecule has 1 saturated carbocycles. The predicted molar refractivity (Wildman–Crippen MR) is 169 cm³/mol. The third-order valence-electron chi connectivity index (χ3n) is 7.70. The standard InChI is InChI=1S/C32H49N5O5/c1-10-37(19-25(38)40-11-2)28-23-18-32(6,7)26(29(33)35-9)27(34-8)22(23)16-17-24(28)41-21-14-12-20(13-15-21)36-30(39)42-31(3,4)5/h16-17,20-21H,8,10-15,18-19H2,1-7,9H3,(H2,33,35)(H,36,39). The number of amides is 1. The van der Waals surface area contributed by atoms with Gasteiger partial charge in [-0.15, -0.1) is 0 Å². The summed E-state index contributed by atoms with van der Waals surface area (Å²) in [7, 11) is 1.67. The third-order valence-corrected chi connectivity index (χ3v) is 7.70. The number of nitrogens with two attached hydrogens (primary N) is 1. The van der Waals surface area contributed by atoms with E-state index in [1.807, 2.05) is 44.7 Å². The number of anilines is 1. The molecule has 1 fully saturated rings. The van der Waals surface area contributed by atoms with Crippen LogP contribution in [0.1, 0.15) is 85.3 Å². The number of carbonyl (C=O) groups is 2. The van der Waals surface area contributed by atoms with Crippen molar-refractivity contribution in [2.24, 2.45) is 21.1 Å². The number of ether oxygens (including phenoxy) is 3. The second-order valence-corrected chi connectivity index (χ2v) is 12.5. The van der Waals surface area contributed by atoms with Crippen LogP contribution in [0.4, 0.5) is 10.5 Å². The van der Waals surface area contributed by atoms with E-state index in [1.165, 1.54) is 0 Å². The molecule has 232 valence electrons. The van der Waals surface area contributed by atoms with Gasteiger partial charge >= 0.3 is 12.1 Å². The van der Waals surface area contributed by atoms with E-state index in [-0.39, 0.29) is 24.7 Å². The summed E-state index contributed by atoms with van der Waals surface area (Å²) in [5.41, 5.74) is 9.78. The summed E-state index contributed by atoms with van der Waals surface area (Å²) in [6.07, 6.45) is 3.33. The molecule has 1 aromatic rings. The van der Waals surface area contributed by atoms with Crippen molar-refractivity contribution in [1.82, 2.24) is 5.32 Å². The van der Waals surface area contributed by atoms with Crippen molar-refractivity contribution in [3.8, 4) is 5.75 Å². The van der Waals surface area contributed by atoms with Gasteiger partial charge in [0.15, 0.2) is 0 Å². The van der Waals surface area contributed by atoms with E-state index < -0.39 is 17.1 Å². The number of hydrogen-bond donors (Lipinski definition) is 2. The highest BCUT2D eigenvalue weighted by Gasteiger charge is 2.38. The van der Waals surface area contributed by atoms with Gasteiger partial charge in [-0.1, -0.05) is 13.8 Å². The zero-order valence-corrected chi connectivity index (χ0v) is 26.6. The highest BCUT2D eigenvalue weighted by atomic mass is 16.6. The SMILES string of the molecule is C=NC1=C(C(N)=NC)C(C)(C)Cc2c1ccc(OC1CCC(NC(=O)OC(C)(C)C)CC1)c2N(CC)CC(=O)OCC. The topological polar surface area (TPSA) is 128 Å². The number of amidine groups is 1. The molecule has 0 radical (unpaired) electrons. The largest absolute Gasteiger partial charge is 0.488 e. The van der Waals surface area contributed by atoms with Crippen LogP contribution in [0.15, 0.2) is 27.7 Å². The quantitative estimate of drug-likeness (QED) is 0.218. The third kappa shape index (κ3) is 7.83. The van der Waals surface area contributed by atoms with Crippen molar-refractivity contribution >= 4 is 36.0 Å². The average molecular weight is 584 g/mol. The van der Waals surface area contributed by atoms with Crippen LogP contribution in [0, 0.1) is 5.41 Å². The summed E-state index contributed by atoms with van der Waals surface area (Å²) < 4.78 is 17.4. The fraction of sp³-hybridized carbons (Fsp3) is 0.625. The zero-order valence-electron chi connectivity index (χ0n) is 26.6. The Morgan fingerprint density at radius 1 is 1.17 bits per heavy atom. The lowest BCUT2D eigenvalue weighted by Crippen LogP contribution is -2.42. The van der Waals surface area contributed by atoms with Gasteiger partial charge in [0.1, 0.15) is 23.7 Å². The number of nitrogens with zero attached hydrogens (tertiary/aromatic N) is 3. The van der Waals surface area contributed by atoms with Gasteiger partial charge in [0.25, 0.3) is 0 Å². The maximum atomic E-state index is 12.7. The number of benzene rings is 1. The highest BCUT2D eigenvalue weighted by molar-refractivity contribution is 6.06. The number of hydrogen-bond acceptors (Lipinski definition) is 8. The van der Waals surface area contributed by atoms with E-state index in [0.717, 1.165) is 48.1 Å². The van der Waals surface area contributed by atoms with E-state index in [9.17, 15) is 9.59 Å². The number of aliphatic imine (C=N–C) groups is 2. The second-order valence-electron chi connectivity index (χ2n) is 12.5. The van der Waals surface area contributed by atoms with Crippen LogP contribution in [-0.2, 0) is 20.7 Å². The number of esters is 1. The summed E-state index contributed by atoms with van der Waals surface area (Å²) in [5, 5.41) is 2.99. The summed E-state index contributed by atoms with van der Waals surface area (Å²) in [6, 6.07) is 3.99. The first-order valence-corrected chi connectivity index (χ1v) is 14.9. The first kappa shape index (κ1) is 32.9. The normalized spacial score (nSPS) is 20.3. The smallest absolute Gasteiger partial charge is 0.407 e. The number of rotatable bonds is 10. The molecular weight excluding hydrogens is 534 g/mol. The molecule has 0 aromatic heterocycles. The molecule has 10 heteroatoms. The molecule has 3 rings (SSSR count). The minimum Gasteiger partial charge on any atom is -0.488 e. The number of fused-ring (bicyclic) bond motifs is 1. The van der Waals surface area contributed by atoms with E-state index in [1.54, 1.807) is 14.0 Å². The van der Waals surface area contributed by atoms with Crippen molar-refractivity contribution in [3.63, 3.8) is 0 Å². The summed E-state index contributed by atoms with van der Waals surface area (Å²) in [6.45, 7) is 18.5. The summed E-state index contributed by atoms with van der Waals surface area (Å²) in [5.74, 6) is 0.848. The van der Waals surface area contributed by atoms with Crippen LogP contribution in [0.2, 0.25) is 0 Å². The van der Waals surface area contributed by atoms with Crippen LogP contribution >= 0.6 is 0 Å². The van der Waals surface area contributed by atoms with Gasteiger partial charge in [0, 0.05) is 30.8 Å². The van der Waals surface area contributed by atoms with Crippen molar-refractivity contribution < 1.29 is 23.8 Å². The molecule has 0 heterocycles. The van der Waals surface area contributed by atoms with Crippen molar-refractivity contribution in [3.05, 3.63) is 28.8 Å². The average Bonchev–Trinajstić information content (AvgIpc) is 2.90. The van der Waals surface area contributed by atoms with E-state index in [4.69, 9.17) is 19.9 Å². The molecular formula is C32H49N5O5. The Morgan fingerprint density at radius 2 is 1.83 bits per heavy atom. The van der Waals surface area contributed by atoms with E-state index in [2.05, 4.69) is 35.9 Å². The van der Waals surface area contributed by atoms with Crippen LogP contribution in [0.25, 0.3) is 5.70 Å². The molecule has 0 saturated heterocycles. The van der Waals surface area contributed by atoms with Gasteiger partial charge < -0.3 is 30.2 Å². The Kier molecular flexibility index (Phi) is 10.7. The molecule has 2 aliphatic rings. The molecule has 10 nitrogen and oxygen atoms in total. The zero-order chi connectivity index (χ0) is 31.2. The van der Waals surface area contributed by atoms with Crippen molar-refractivity contribution in [2.75, 3.05) is 31.6 Å². The minimum absolute atomic E-state index is 0.0370. The monoisotopic (exact) mass is 583 g/mol. The summed E-state index contributed by atoms with van der Waals surface area (Å²) >= 11 is 0. The van der Waals surface area contributed by atoms with E-state index >= 15 is 0 Å². The molecule has 0 atom stereocenters. The predicted octanol–water partition coefficient (Wildman–Crippen LogP) is 5.27. The molecule has 2 aliphatic carbocycles. The first-order valence-electron chi connectivity index (χ1n) is 14.9. The summed E-state index contributed by atoms with van der Waals surface area (Å²) in [4.78, 5) is 35.7.